The van der Waals surface area contributed by atoms with Crippen LogP contribution < -0.4 is 5.32 Å². The molecule has 1 aromatic heterocycles. The van der Waals surface area contributed by atoms with Gasteiger partial charge >= 0.3 is 0 Å². The van der Waals surface area contributed by atoms with Gasteiger partial charge in [-0.25, -0.2) is 4.98 Å². The molecule has 1 saturated heterocycles. The van der Waals surface area contributed by atoms with E-state index >= 15 is 0 Å². The van der Waals surface area contributed by atoms with E-state index in [1.54, 1.807) is 0 Å². The first kappa shape index (κ1) is 11.7. The standard InChI is InChI=1S/C15H21N3/c1-3-8-18-14-7-5-4-6-13(14)17-15(18)12-10-16-9-11(12)2/h4-7,11-12,16H,3,8-10H2,1-2H3. The zero-order chi connectivity index (χ0) is 12.5. The highest BCUT2D eigenvalue weighted by atomic mass is 15.1. The maximum Gasteiger partial charge on any atom is 0.114 e. The highest BCUT2D eigenvalue weighted by molar-refractivity contribution is 5.76. The fraction of sp³-hybridized carbons (Fsp3) is 0.533. The highest BCUT2D eigenvalue weighted by Crippen LogP contribution is 2.30. The Hall–Kier alpha value is -1.35. The van der Waals surface area contributed by atoms with Gasteiger partial charge < -0.3 is 9.88 Å². The van der Waals surface area contributed by atoms with Crippen LogP contribution in [0.25, 0.3) is 11.0 Å². The quantitative estimate of drug-likeness (QED) is 0.898. The Morgan fingerprint density at radius 2 is 2.17 bits per heavy atom. The van der Waals surface area contributed by atoms with Crippen molar-refractivity contribution in [1.29, 1.82) is 0 Å². The third-order valence-electron chi connectivity index (χ3n) is 3.98. The third kappa shape index (κ3) is 1.83. The Labute approximate surface area is 108 Å². The van der Waals surface area contributed by atoms with Crippen LogP contribution in [0.3, 0.4) is 0 Å². The van der Waals surface area contributed by atoms with E-state index in [1.165, 1.54) is 11.3 Å². The number of rotatable bonds is 3. The van der Waals surface area contributed by atoms with E-state index < -0.39 is 0 Å². The van der Waals surface area contributed by atoms with Crippen LogP contribution in [0.4, 0.5) is 0 Å². The number of fused-ring (bicyclic) bond motifs is 1. The van der Waals surface area contributed by atoms with E-state index in [4.69, 9.17) is 4.98 Å². The van der Waals surface area contributed by atoms with Gasteiger partial charge in [-0.15, -0.1) is 0 Å². The fourth-order valence-electron chi connectivity index (χ4n) is 2.99. The number of hydrogen-bond donors (Lipinski definition) is 1. The zero-order valence-corrected chi connectivity index (χ0v) is 11.2. The molecule has 18 heavy (non-hydrogen) atoms. The van der Waals surface area contributed by atoms with Crippen molar-refractivity contribution in [3.05, 3.63) is 30.1 Å². The molecule has 2 unspecified atom stereocenters. The van der Waals surface area contributed by atoms with Gasteiger partial charge in [-0.3, -0.25) is 0 Å². The Bertz CT molecular complexity index is 544. The lowest BCUT2D eigenvalue weighted by Crippen LogP contribution is -2.15. The summed E-state index contributed by atoms with van der Waals surface area (Å²) in [6.07, 6.45) is 1.15. The van der Waals surface area contributed by atoms with Crippen molar-refractivity contribution < 1.29 is 0 Å². The summed E-state index contributed by atoms with van der Waals surface area (Å²) < 4.78 is 2.42. The molecule has 0 bridgehead atoms. The molecular formula is C15H21N3. The predicted molar refractivity (Wildman–Crippen MR) is 74.8 cm³/mol. The molecule has 2 heterocycles. The van der Waals surface area contributed by atoms with E-state index in [2.05, 4.69) is 48.0 Å². The normalized spacial score (nSPS) is 23.9. The molecule has 0 radical (unpaired) electrons. The maximum absolute atomic E-state index is 4.89. The van der Waals surface area contributed by atoms with Crippen molar-refractivity contribution in [1.82, 2.24) is 14.9 Å². The lowest BCUT2D eigenvalue weighted by Gasteiger charge is -2.16. The van der Waals surface area contributed by atoms with Crippen LogP contribution in [0, 0.1) is 5.92 Å². The van der Waals surface area contributed by atoms with Crippen molar-refractivity contribution in [3.63, 3.8) is 0 Å². The van der Waals surface area contributed by atoms with Gasteiger partial charge in [0.25, 0.3) is 0 Å². The van der Waals surface area contributed by atoms with Crippen LogP contribution in [0.2, 0.25) is 0 Å². The number of imidazole rings is 1. The molecule has 3 heteroatoms. The molecular weight excluding hydrogens is 222 g/mol. The van der Waals surface area contributed by atoms with Gasteiger partial charge in [-0.05, 0) is 31.0 Å². The van der Waals surface area contributed by atoms with Gasteiger partial charge in [0.2, 0.25) is 0 Å². The van der Waals surface area contributed by atoms with Crippen LogP contribution in [0.5, 0.6) is 0 Å². The number of hydrogen-bond acceptors (Lipinski definition) is 2. The predicted octanol–water partition coefficient (Wildman–Crippen LogP) is 2.77. The van der Waals surface area contributed by atoms with Crippen LogP contribution in [-0.2, 0) is 6.54 Å². The second-order valence-electron chi connectivity index (χ2n) is 5.35. The minimum atomic E-state index is 0.559. The average molecular weight is 243 g/mol. The van der Waals surface area contributed by atoms with Gasteiger partial charge in [-0.1, -0.05) is 26.0 Å². The smallest absolute Gasteiger partial charge is 0.114 e. The molecule has 3 nitrogen and oxygen atoms in total. The van der Waals surface area contributed by atoms with Crippen molar-refractivity contribution in [2.75, 3.05) is 13.1 Å². The highest BCUT2D eigenvalue weighted by Gasteiger charge is 2.29. The monoisotopic (exact) mass is 243 g/mol. The van der Waals surface area contributed by atoms with Gasteiger partial charge in [0.05, 0.1) is 11.0 Å². The molecule has 1 aliphatic rings. The Kier molecular flexibility index (Phi) is 3.08. The summed E-state index contributed by atoms with van der Waals surface area (Å²) in [6.45, 7) is 7.79. The molecule has 0 amide bonds. The van der Waals surface area contributed by atoms with Crippen molar-refractivity contribution >= 4 is 11.0 Å². The summed E-state index contributed by atoms with van der Waals surface area (Å²) in [5.41, 5.74) is 2.42. The largest absolute Gasteiger partial charge is 0.328 e. The molecule has 2 aromatic rings. The van der Waals surface area contributed by atoms with Gasteiger partial charge in [-0.2, -0.15) is 0 Å². The third-order valence-corrected chi connectivity index (χ3v) is 3.98. The van der Waals surface area contributed by atoms with E-state index in [1.807, 2.05) is 0 Å². The van der Waals surface area contributed by atoms with Crippen molar-refractivity contribution in [3.8, 4) is 0 Å². The summed E-state index contributed by atoms with van der Waals surface area (Å²) in [7, 11) is 0. The Morgan fingerprint density at radius 3 is 2.89 bits per heavy atom. The summed E-state index contributed by atoms with van der Waals surface area (Å²) >= 11 is 0. The van der Waals surface area contributed by atoms with E-state index in [0.717, 1.165) is 31.6 Å². The SMILES string of the molecule is CCCn1c(C2CNCC2C)nc2ccccc21. The summed E-state index contributed by atoms with van der Waals surface area (Å²) in [6, 6.07) is 8.49. The lowest BCUT2D eigenvalue weighted by molar-refractivity contribution is 0.514. The molecule has 96 valence electrons. The van der Waals surface area contributed by atoms with Gasteiger partial charge in [0, 0.05) is 19.0 Å². The second-order valence-corrected chi connectivity index (χ2v) is 5.35. The van der Waals surface area contributed by atoms with Crippen LogP contribution in [0.15, 0.2) is 24.3 Å². The molecule has 3 rings (SSSR count). The number of aromatic nitrogens is 2. The second kappa shape index (κ2) is 4.73. The number of nitrogens with zero attached hydrogens (tertiary/aromatic N) is 2. The van der Waals surface area contributed by atoms with E-state index in [-0.39, 0.29) is 0 Å². The van der Waals surface area contributed by atoms with Gasteiger partial charge in [0.15, 0.2) is 0 Å². The molecule has 1 aromatic carbocycles. The maximum atomic E-state index is 4.89. The van der Waals surface area contributed by atoms with E-state index in [9.17, 15) is 0 Å². The molecule has 0 spiro atoms. The number of nitrogens with one attached hydrogen (secondary N) is 1. The van der Waals surface area contributed by atoms with Crippen LogP contribution in [0.1, 0.15) is 32.0 Å². The van der Waals surface area contributed by atoms with E-state index in [0.29, 0.717) is 11.8 Å². The summed E-state index contributed by atoms with van der Waals surface area (Å²) in [5.74, 6) is 2.51. The first-order valence-electron chi connectivity index (χ1n) is 6.97. The fourth-order valence-corrected chi connectivity index (χ4v) is 2.99. The average Bonchev–Trinajstić information content (AvgIpc) is 2.94. The molecule has 0 saturated carbocycles. The minimum absolute atomic E-state index is 0.559. The molecule has 2 atom stereocenters. The molecule has 1 N–H and O–H groups in total. The Morgan fingerprint density at radius 1 is 1.33 bits per heavy atom. The number of aryl methyl sites for hydroxylation is 1. The number of para-hydroxylation sites is 2. The van der Waals surface area contributed by atoms with Crippen LogP contribution in [-0.4, -0.2) is 22.6 Å². The first-order valence-corrected chi connectivity index (χ1v) is 6.97. The van der Waals surface area contributed by atoms with Crippen molar-refractivity contribution in [2.24, 2.45) is 5.92 Å². The van der Waals surface area contributed by atoms with Crippen molar-refractivity contribution in [2.45, 2.75) is 32.7 Å². The van der Waals surface area contributed by atoms with Gasteiger partial charge in [0.1, 0.15) is 5.82 Å². The lowest BCUT2D eigenvalue weighted by atomic mass is 9.97. The summed E-state index contributed by atoms with van der Waals surface area (Å²) in [5, 5.41) is 3.48. The zero-order valence-electron chi connectivity index (χ0n) is 11.2. The topological polar surface area (TPSA) is 29.9 Å². The Balaban J connectivity index is 2.12. The molecule has 1 fully saturated rings. The molecule has 0 aliphatic carbocycles. The minimum Gasteiger partial charge on any atom is -0.328 e. The van der Waals surface area contributed by atoms with Crippen LogP contribution >= 0.6 is 0 Å². The number of benzene rings is 1. The first-order chi connectivity index (χ1) is 8.81. The molecule has 1 aliphatic heterocycles. The summed E-state index contributed by atoms with van der Waals surface area (Å²) in [4.78, 5) is 4.89.